The van der Waals surface area contributed by atoms with Crippen LogP contribution in [-0.4, -0.2) is 28.6 Å². The number of ether oxygens (including phenoxy) is 1. The SMILES string of the molecule is CCc1ccc(OCCCCn2c(C3CC(=O)N(c4cccc(Br)c4)C3)nc3ccccc32)cc1. The quantitative estimate of drug-likeness (QED) is 0.224. The molecule has 0 radical (unpaired) electrons. The average molecular weight is 532 g/mol. The average Bonchev–Trinajstić information content (AvgIpc) is 3.44. The third kappa shape index (κ3) is 5.27. The highest BCUT2D eigenvalue weighted by Crippen LogP contribution is 2.34. The molecule has 1 aliphatic rings. The van der Waals surface area contributed by atoms with E-state index in [2.05, 4.69) is 69.9 Å². The Labute approximate surface area is 214 Å². The molecule has 1 amide bonds. The number of benzene rings is 3. The van der Waals surface area contributed by atoms with Gasteiger partial charge in [0.25, 0.3) is 0 Å². The number of aromatic nitrogens is 2. The number of carbonyl (C=O) groups is 1. The number of amides is 1. The van der Waals surface area contributed by atoms with Crippen LogP contribution in [0, 0.1) is 0 Å². The van der Waals surface area contributed by atoms with E-state index in [1.807, 2.05) is 35.2 Å². The predicted octanol–water partition coefficient (Wildman–Crippen LogP) is 6.74. The number of rotatable bonds is 9. The van der Waals surface area contributed by atoms with Crippen LogP contribution in [0.15, 0.2) is 77.3 Å². The number of aryl methyl sites for hydroxylation is 2. The molecule has 1 atom stereocenters. The van der Waals surface area contributed by atoms with E-state index in [1.54, 1.807) is 0 Å². The highest BCUT2D eigenvalue weighted by molar-refractivity contribution is 9.10. The topological polar surface area (TPSA) is 47.4 Å². The summed E-state index contributed by atoms with van der Waals surface area (Å²) in [5, 5.41) is 0. The molecule has 1 unspecified atom stereocenters. The minimum atomic E-state index is 0.0715. The summed E-state index contributed by atoms with van der Waals surface area (Å²) < 4.78 is 9.24. The van der Waals surface area contributed by atoms with Crippen LogP contribution in [0.3, 0.4) is 0 Å². The molecular weight excluding hydrogens is 502 g/mol. The van der Waals surface area contributed by atoms with Crippen molar-refractivity contribution < 1.29 is 9.53 Å². The molecule has 180 valence electrons. The number of imidazole rings is 1. The van der Waals surface area contributed by atoms with Gasteiger partial charge in [-0.1, -0.05) is 53.2 Å². The van der Waals surface area contributed by atoms with E-state index in [9.17, 15) is 4.79 Å². The zero-order valence-electron chi connectivity index (χ0n) is 20.0. The molecule has 4 aromatic rings. The van der Waals surface area contributed by atoms with Crippen LogP contribution in [0.25, 0.3) is 11.0 Å². The number of hydrogen-bond acceptors (Lipinski definition) is 3. The molecule has 2 heterocycles. The van der Waals surface area contributed by atoms with E-state index in [0.717, 1.165) is 58.6 Å². The zero-order valence-corrected chi connectivity index (χ0v) is 21.6. The number of anilines is 1. The van der Waals surface area contributed by atoms with Gasteiger partial charge in [-0.2, -0.15) is 0 Å². The molecule has 0 N–H and O–H groups in total. The highest BCUT2D eigenvalue weighted by atomic mass is 79.9. The molecule has 6 heteroatoms. The van der Waals surface area contributed by atoms with Crippen molar-refractivity contribution in [2.75, 3.05) is 18.1 Å². The summed E-state index contributed by atoms with van der Waals surface area (Å²) in [6.45, 7) is 4.35. The van der Waals surface area contributed by atoms with Crippen molar-refractivity contribution in [2.24, 2.45) is 0 Å². The van der Waals surface area contributed by atoms with E-state index in [-0.39, 0.29) is 11.8 Å². The fraction of sp³-hybridized carbons (Fsp3) is 0.310. The minimum absolute atomic E-state index is 0.0715. The first-order valence-corrected chi connectivity index (χ1v) is 13.1. The van der Waals surface area contributed by atoms with Crippen LogP contribution in [0.4, 0.5) is 5.69 Å². The lowest BCUT2D eigenvalue weighted by Crippen LogP contribution is -2.24. The standard InChI is InChI=1S/C29H30BrN3O2/c1-2-21-12-14-25(15-13-21)35-17-6-5-16-32-27-11-4-3-10-26(27)31-29(32)22-18-28(34)33(20-22)24-9-7-8-23(30)19-24/h3-4,7-15,19,22H,2,5-6,16-18,20H2,1H3. The predicted molar refractivity (Wildman–Crippen MR) is 144 cm³/mol. The molecule has 5 nitrogen and oxygen atoms in total. The van der Waals surface area contributed by atoms with Gasteiger partial charge in [-0.25, -0.2) is 4.98 Å². The molecule has 1 saturated heterocycles. The lowest BCUT2D eigenvalue weighted by atomic mass is 10.1. The second-order valence-corrected chi connectivity index (χ2v) is 9.96. The molecule has 1 aliphatic heterocycles. The molecular formula is C29H30BrN3O2. The van der Waals surface area contributed by atoms with Crippen molar-refractivity contribution in [1.29, 1.82) is 0 Å². The Morgan fingerprint density at radius 3 is 2.66 bits per heavy atom. The zero-order chi connectivity index (χ0) is 24.2. The van der Waals surface area contributed by atoms with Crippen molar-refractivity contribution >= 4 is 38.6 Å². The van der Waals surface area contributed by atoms with Gasteiger partial charge in [0.05, 0.1) is 17.6 Å². The highest BCUT2D eigenvalue weighted by Gasteiger charge is 2.34. The maximum atomic E-state index is 12.9. The number of para-hydroxylation sites is 2. The smallest absolute Gasteiger partial charge is 0.227 e. The van der Waals surface area contributed by atoms with E-state index in [4.69, 9.17) is 9.72 Å². The van der Waals surface area contributed by atoms with Gasteiger partial charge in [-0.05, 0) is 67.3 Å². The molecule has 3 aromatic carbocycles. The van der Waals surface area contributed by atoms with Crippen LogP contribution in [-0.2, 0) is 17.8 Å². The third-order valence-corrected chi connectivity index (χ3v) is 7.16. The molecule has 0 bridgehead atoms. The first-order valence-electron chi connectivity index (χ1n) is 12.3. The summed E-state index contributed by atoms with van der Waals surface area (Å²) in [5.41, 5.74) is 4.37. The van der Waals surface area contributed by atoms with Crippen molar-refractivity contribution in [2.45, 2.75) is 45.1 Å². The van der Waals surface area contributed by atoms with E-state index in [0.29, 0.717) is 19.6 Å². The Kier molecular flexibility index (Phi) is 7.19. The molecule has 1 aromatic heterocycles. The fourth-order valence-electron chi connectivity index (χ4n) is 4.80. The number of nitrogens with zero attached hydrogens (tertiary/aromatic N) is 3. The summed E-state index contributed by atoms with van der Waals surface area (Å²) in [5.74, 6) is 2.15. The second kappa shape index (κ2) is 10.6. The molecule has 0 saturated carbocycles. The molecule has 5 rings (SSSR count). The Morgan fingerprint density at radius 2 is 1.86 bits per heavy atom. The lowest BCUT2D eigenvalue weighted by Gasteiger charge is -2.18. The van der Waals surface area contributed by atoms with Gasteiger partial charge in [0.15, 0.2) is 0 Å². The van der Waals surface area contributed by atoms with Gasteiger partial charge in [0.1, 0.15) is 11.6 Å². The Morgan fingerprint density at radius 1 is 1.03 bits per heavy atom. The van der Waals surface area contributed by atoms with Crippen LogP contribution in [0.1, 0.15) is 43.5 Å². The van der Waals surface area contributed by atoms with Crippen LogP contribution in [0.2, 0.25) is 0 Å². The van der Waals surface area contributed by atoms with Crippen LogP contribution >= 0.6 is 15.9 Å². The summed E-state index contributed by atoms with van der Waals surface area (Å²) in [6.07, 6.45) is 3.45. The van der Waals surface area contributed by atoms with E-state index in [1.165, 1.54) is 5.56 Å². The van der Waals surface area contributed by atoms with Gasteiger partial charge in [0.2, 0.25) is 5.91 Å². The second-order valence-electron chi connectivity index (χ2n) is 9.05. The van der Waals surface area contributed by atoms with Gasteiger partial charge < -0.3 is 14.2 Å². The van der Waals surface area contributed by atoms with E-state index >= 15 is 0 Å². The van der Waals surface area contributed by atoms with Crippen molar-refractivity contribution in [3.63, 3.8) is 0 Å². The van der Waals surface area contributed by atoms with Crippen molar-refractivity contribution in [1.82, 2.24) is 9.55 Å². The lowest BCUT2D eigenvalue weighted by molar-refractivity contribution is -0.117. The molecule has 0 spiro atoms. The van der Waals surface area contributed by atoms with Gasteiger partial charge in [-0.3, -0.25) is 4.79 Å². The normalized spacial score (nSPS) is 15.8. The number of fused-ring (bicyclic) bond motifs is 1. The van der Waals surface area contributed by atoms with Gasteiger partial charge in [-0.15, -0.1) is 0 Å². The number of unbranched alkanes of at least 4 members (excludes halogenated alkanes) is 1. The molecule has 35 heavy (non-hydrogen) atoms. The summed E-state index contributed by atoms with van der Waals surface area (Å²) >= 11 is 3.52. The Hall–Kier alpha value is -3.12. The first kappa shape index (κ1) is 23.6. The van der Waals surface area contributed by atoms with Crippen LogP contribution in [0.5, 0.6) is 5.75 Å². The van der Waals surface area contributed by atoms with Gasteiger partial charge >= 0.3 is 0 Å². The largest absolute Gasteiger partial charge is 0.494 e. The first-order chi connectivity index (χ1) is 17.1. The maximum absolute atomic E-state index is 12.9. The fourth-order valence-corrected chi connectivity index (χ4v) is 5.19. The minimum Gasteiger partial charge on any atom is -0.494 e. The number of hydrogen-bond donors (Lipinski definition) is 0. The summed E-state index contributed by atoms with van der Waals surface area (Å²) in [6, 6.07) is 24.5. The number of halogens is 1. The van der Waals surface area contributed by atoms with Crippen LogP contribution < -0.4 is 9.64 Å². The van der Waals surface area contributed by atoms with Gasteiger partial charge in [0, 0.05) is 35.6 Å². The third-order valence-electron chi connectivity index (χ3n) is 6.67. The van der Waals surface area contributed by atoms with E-state index < -0.39 is 0 Å². The molecule has 1 fully saturated rings. The van der Waals surface area contributed by atoms with Crippen molar-refractivity contribution in [3.05, 3.63) is 88.7 Å². The Bertz CT molecular complexity index is 1320. The molecule has 0 aliphatic carbocycles. The summed E-state index contributed by atoms with van der Waals surface area (Å²) in [7, 11) is 0. The maximum Gasteiger partial charge on any atom is 0.227 e. The Balaban J connectivity index is 1.27. The monoisotopic (exact) mass is 531 g/mol. The van der Waals surface area contributed by atoms with Crippen molar-refractivity contribution in [3.8, 4) is 5.75 Å². The summed E-state index contributed by atoms with van der Waals surface area (Å²) in [4.78, 5) is 19.8. The number of carbonyl (C=O) groups excluding carboxylic acids is 1.